The third-order valence-electron chi connectivity index (χ3n) is 4.01. The Morgan fingerprint density at radius 2 is 1.65 bits per heavy atom. The van der Waals surface area contributed by atoms with Crippen LogP contribution < -0.4 is 5.32 Å². The van der Waals surface area contributed by atoms with Gasteiger partial charge < -0.3 is 15.0 Å². The monoisotopic (exact) mass is 354 g/mol. The van der Waals surface area contributed by atoms with E-state index in [4.69, 9.17) is 4.74 Å². The maximum absolute atomic E-state index is 12.7. The van der Waals surface area contributed by atoms with Gasteiger partial charge in [-0.25, -0.2) is 4.79 Å². The van der Waals surface area contributed by atoms with Crippen LogP contribution in [-0.4, -0.2) is 30.1 Å². The van der Waals surface area contributed by atoms with Crippen molar-refractivity contribution >= 4 is 17.7 Å². The topological polar surface area (TPSA) is 58.6 Å². The van der Waals surface area contributed by atoms with Crippen LogP contribution in [0.3, 0.4) is 0 Å². The fraction of sp³-hybridized carbons (Fsp3) is 0.333. The van der Waals surface area contributed by atoms with Crippen LogP contribution in [0.1, 0.15) is 31.4 Å². The van der Waals surface area contributed by atoms with Gasteiger partial charge in [0.2, 0.25) is 0 Å². The number of carbonyl (C=O) groups excluding carboxylic acids is 2. The largest absolute Gasteiger partial charge is 0.466 e. The average Bonchev–Trinajstić information content (AvgIpc) is 2.66. The van der Waals surface area contributed by atoms with Crippen molar-refractivity contribution in [2.75, 3.05) is 18.5 Å². The third-order valence-corrected chi connectivity index (χ3v) is 4.01. The molecule has 0 spiro atoms. The predicted octanol–water partition coefficient (Wildman–Crippen LogP) is 4.24. The number of anilines is 1. The van der Waals surface area contributed by atoms with E-state index in [-0.39, 0.29) is 18.4 Å². The molecule has 2 aromatic carbocycles. The van der Waals surface area contributed by atoms with E-state index >= 15 is 0 Å². The van der Waals surface area contributed by atoms with Crippen LogP contribution >= 0.6 is 0 Å². The number of aryl methyl sites for hydroxylation is 1. The molecule has 0 aliphatic rings. The van der Waals surface area contributed by atoms with Gasteiger partial charge in [0.05, 0.1) is 13.0 Å². The standard InChI is InChI=1S/C21H26N2O3/c1-3-17-10-12-19(13-11-17)22-21(25)23(15-14-20(24)26-4-2)16-18-8-6-5-7-9-18/h5-13H,3-4,14-16H2,1-2H3,(H,22,25). The first kappa shape index (κ1) is 19.5. The highest BCUT2D eigenvalue weighted by Gasteiger charge is 2.16. The molecule has 0 heterocycles. The SMILES string of the molecule is CCOC(=O)CCN(Cc1ccccc1)C(=O)Nc1ccc(CC)cc1. The Labute approximate surface area is 155 Å². The van der Waals surface area contributed by atoms with Gasteiger partial charge in [-0.05, 0) is 36.6 Å². The molecule has 0 aliphatic carbocycles. The second-order valence-electron chi connectivity index (χ2n) is 5.94. The molecule has 0 aliphatic heterocycles. The highest BCUT2D eigenvalue weighted by atomic mass is 16.5. The molecule has 0 unspecified atom stereocenters. The van der Waals surface area contributed by atoms with Gasteiger partial charge in [0, 0.05) is 18.8 Å². The molecule has 26 heavy (non-hydrogen) atoms. The number of rotatable bonds is 8. The number of hydrogen-bond acceptors (Lipinski definition) is 3. The number of nitrogens with zero attached hydrogens (tertiary/aromatic N) is 1. The molecule has 0 fully saturated rings. The summed E-state index contributed by atoms with van der Waals surface area (Å²) in [6.45, 7) is 4.93. The van der Waals surface area contributed by atoms with Gasteiger partial charge in [-0.3, -0.25) is 4.79 Å². The van der Waals surface area contributed by atoms with Crippen molar-refractivity contribution in [1.82, 2.24) is 4.90 Å². The van der Waals surface area contributed by atoms with E-state index in [1.165, 1.54) is 5.56 Å². The number of urea groups is 1. The molecule has 5 nitrogen and oxygen atoms in total. The quantitative estimate of drug-likeness (QED) is 0.722. The molecular weight excluding hydrogens is 328 g/mol. The van der Waals surface area contributed by atoms with E-state index in [0.717, 1.165) is 17.7 Å². The Morgan fingerprint density at radius 3 is 2.27 bits per heavy atom. The fourth-order valence-corrected chi connectivity index (χ4v) is 2.54. The number of esters is 1. The van der Waals surface area contributed by atoms with Crippen molar-refractivity contribution in [1.29, 1.82) is 0 Å². The molecule has 0 saturated heterocycles. The Bertz CT molecular complexity index is 699. The van der Waals surface area contributed by atoms with Gasteiger partial charge in [0.25, 0.3) is 0 Å². The van der Waals surface area contributed by atoms with Crippen LogP contribution in [-0.2, 0) is 22.5 Å². The zero-order valence-corrected chi connectivity index (χ0v) is 15.4. The summed E-state index contributed by atoms with van der Waals surface area (Å²) in [7, 11) is 0. The van der Waals surface area contributed by atoms with Crippen LogP contribution in [0, 0.1) is 0 Å². The molecule has 0 bridgehead atoms. The molecular formula is C21H26N2O3. The summed E-state index contributed by atoms with van der Waals surface area (Å²) in [5.74, 6) is -0.300. The summed E-state index contributed by atoms with van der Waals surface area (Å²) in [4.78, 5) is 26.0. The molecule has 0 radical (unpaired) electrons. The van der Waals surface area contributed by atoms with Crippen molar-refractivity contribution in [3.63, 3.8) is 0 Å². The molecule has 138 valence electrons. The maximum Gasteiger partial charge on any atom is 0.322 e. The van der Waals surface area contributed by atoms with E-state index < -0.39 is 0 Å². The van der Waals surface area contributed by atoms with Gasteiger partial charge in [-0.15, -0.1) is 0 Å². The van der Waals surface area contributed by atoms with Crippen LogP contribution in [0.15, 0.2) is 54.6 Å². The van der Waals surface area contributed by atoms with E-state index in [1.807, 2.05) is 54.6 Å². The van der Waals surface area contributed by atoms with Gasteiger partial charge in [-0.1, -0.05) is 49.4 Å². The van der Waals surface area contributed by atoms with E-state index in [2.05, 4.69) is 12.2 Å². The zero-order chi connectivity index (χ0) is 18.8. The number of ether oxygens (including phenoxy) is 1. The Kier molecular flexibility index (Phi) is 7.68. The minimum atomic E-state index is -0.300. The minimum Gasteiger partial charge on any atom is -0.466 e. The molecule has 2 aromatic rings. The van der Waals surface area contributed by atoms with Crippen LogP contribution in [0.25, 0.3) is 0 Å². The number of carbonyl (C=O) groups is 2. The number of benzene rings is 2. The van der Waals surface area contributed by atoms with Crippen molar-refractivity contribution in [3.05, 3.63) is 65.7 Å². The molecule has 0 saturated carbocycles. The molecule has 0 aromatic heterocycles. The van der Waals surface area contributed by atoms with E-state index in [0.29, 0.717) is 19.7 Å². The summed E-state index contributed by atoms with van der Waals surface area (Å²) in [5, 5.41) is 2.90. The lowest BCUT2D eigenvalue weighted by Crippen LogP contribution is -2.36. The first-order valence-corrected chi connectivity index (χ1v) is 8.96. The van der Waals surface area contributed by atoms with Gasteiger partial charge in [0.1, 0.15) is 0 Å². The van der Waals surface area contributed by atoms with Gasteiger partial charge in [0.15, 0.2) is 0 Å². The average molecular weight is 354 g/mol. The highest BCUT2D eigenvalue weighted by molar-refractivity contribution is 5.89. The first-order valence-electron chi connectivity index (χ1n) is 8.96. The molecule has 1 N–H and O–H groups in total. The van der Waals surface area contributed by atoms with Gasteiger partial charge >= 0.3 is 12.0 Å². The Hall–Kier alpha value is -2.82. The normalized spacial score (nSPS) is 10.2. The van der Waals surface area contributed by atoms with Crippen molar-refractivity contribution in [3.8, 4) is 0 Å². The van der Waals surface area contributed by atoms with Crippen molar-refractivity contribution < 1.29 is 14.3 Å². The summed E-state index contributed by atoms with van der Waals surface area (Å²) in [6.07, 6.45) is 1.12. The summed E-state index contributed by atoms with van der Waals surface area (Å²) >= 11 is 0. The predicted molar refractivity (Wildman–Crippen MR) is 103 cm³/mol. The summed E-state index contributed by atoms with van der Waals surface area (Å²) in [6, 6.07) is 17.3. The molecule has 0 atom stereocenters. The second-order valence-corrected chi connectivity index (χ2v) is 5.94. The van der Waals surface area contributed by atoms with Gasteiger partial charge in [-0.2, -0.15) is 0 Å². The van der Waals surface area contributed by atoms with Crippen molar-refractivity contribution in [2.24, 2.45) is 0 Å². The lowest BCUT2D eigenvalue weighted by molar-refractivity contribution is -0.143. The highest BCUT2D eigenvalue weighted by Crippen LogP contribution is 2.13. The Balaban J connectivity index is 2.04. The van der Waals surface area contributed by atoms with Crippen LogP contribution in [0.5, 0.6) is 0 Å². The zero-order valence-electron chi connectivity index (χ0n) is 15.4. The first-order chi connectivity index (χ1) is 12.6. The van der Waals surface area contributed by atoms with Crippen molar-refractivity contribution in [2.45, 2.75) is 33.2 Å². The second kappa shape index (κ2) is 10.2. The third kappa shape index (κ3) is 6.24. The van der Waals surface area contributed by atoms with E-state index in [1.54, 1.807) is 11.8 Å². The summed E-state index contributed by atoms with van der Waals surface area (Å²) < 4.78 is 4.97. The smallest absolute Gasteiger partial charge is 0.322 e. The molecule has 5 heteroatoms. The number of hydrogen-bond donors (Lipinski definition) is 1. The molecule has 2 rings (SSSR count). The lowest BCUT2D eigenvalue weighted by atomic mass is 10.1. The number of amides is 2. The van der Waals surface area contributed by atoms with Crippen LogP contribution in [0.2, 0.25) is 0 Å². The molecule has 2 amide bonds. The maximum atomic E-state index is 12.7. The minimum absolute atomic E-state index is 0.170. The summed E-state index contributed by atoms with van der Waals surface area (Å²) in [5.41, 5.74) is 2.96. The van der Waals surface area contributed by atoms with E-state index in [9.17, 15) is 9.59 Å². The van der Waals surface area contributed by atoms with Crippen LogP contribution in [0.4, 0.5) is 10.5 Å². The lowest BCUT2D eigenvalue weighted by Gasteiger charge is -2.23. The Morgan fingerprint density at radius 1 is 0.962 bits per heavy atom. The number of nitrogens with one attached hydrogen (secondary N) is 1. The fourth-order valence-electron chi connectivity index (χ4n) is 2.54.